The molecule has 0 saturated carbocycles. The molecule has 3 rings (SSSR count). The summed E-state index contributed by atoms with van der Waals surface area (Å²) in [6.45, 7) is 5.22. The molecule has 1 unspecified atom stereocenters. The maximum atomic E-state index is 5.35. The van der Waals surface area contributed by atoms with Crippen molar-refractivity contribution >= 4 is 11.3 Å². The van der Waals surface area contributed by atoms with Crippen LogP contribution in [0.5, 0.6) is 0 Å². The number of piperazine rings is 1. The molecule has 2 aromatic rings. The van der Waals surface area contributed by atoms with Crippen LogP contribution in [-0.2, 0) is 6.42 Å². The van der Waals surface area contributed by atoms with Crippen LogP contribution in [0.1, 0.15) is 10.8 Å². The molecule has 1 aliphatic rings. The topological polar surface area (TPSA) is 54.2 Å². The quantitative estimate of drug-likeness (QED) is 0.923. The second-order valence-electron chi connectivity index (χ2n) is 5.04. The van der Waals surface area contributed by atoms with Gasteiger partial charge >= 0.3 is 0 Å². The van der Waals surface area contributed by atoms with Gasteiger partial charge in [0.05, 0.1) is 4.88 Å². The Morgan fingerprint density at radius 3 is 3.16 bits per heavy atom. The van der Waals surface area contributed by atoms with Crippen molar-refractivity contribution in [1.29, 1.82) is 0 Å². The lowest BCUT2D eigenvalue weighted by Gasteiger charge is -2.29. The van der Waals surface area contributed by atoms with Gasteiger partial charge in [0.25, 0.3) is 0 Å². The molecule has 0 spiro atoms. The molecular formula is C13H18N4OS. The summed E-state index contributed by atoms with van der Waals surface area (Å²) in [5.74, 6) is 1.42. The number of nitrogens with one attached hydrogen (secondary N) is 1. The highest BCUT2D eigenvalue weighted by Crippen LogP contribution is 2.25. The molecule has 6 heteroatoms. The van der Waals surface area contributed by atoms with Gasteiger partial charge in [-0.25, -0.2) is 0 Å². The molecule has 1 aliphatic heterocycles. The maximum absolute atomic E-state index is 5.35. The Balaban J connectivity index is 1.68. The van der Waals surface area contributed by atoms with E-state index in [1.165, 1.54) is 4.88 Å². The Morgan fingerprint density at radius 2 is 2.42 bits per heavy atom. The predicted octanol–water partition coefficient (Wildman–Crippen LogP) is 1.55. The minimum absolute atomic E-state index is 0.400. The SMILES string of the molecule is Cc1ccc(-c2noc(CC3CN(C)CCN3)n2)s1. The van der Waals surface area contributed by atoms with Crippen molar-refractivity contribution < 1.29 is 4.52 Å². The Hall–Kier alpha value is -1.24. The first-order chi connectivity index (χ1) is 9.20. The van der Waals surface area contributed by atoms with E-state index in [1.807, 2.05) is 6.07 Å². The van der Waals surface area contributed by atoms with Crippen LogP contribution < -0.4 is 5.32 Å². The van der Waals surface area contributed by atoms with Crippen molar-refractivity contribution in [1.82, 2.24) is 20.4 Å². The fourth-order valence-electron chi connectivity index (χ4n) is 2.33. The number of likely N-dealkylation sites (N-methyl/N-ethyl adjacent to an activating group) is 1. The Kier molecular flexibility index (Phi) is 3.63. The van der Waals surface area contributed by atoms with E-state index >= 15 is 0 Å². The molecule has 3 heterocycles. The lowest BCUT2D eigenvalue weighted by molar-refractivity contribution is 0.227. The van der Waals surface area contributed by atoms with E-state index in [9.17, 15) is 0 Å². The normalized spacial score (nSPS) is 20.8. The Bertz CT molecular complexity index is 550. The zero-order chi connectivity index (χ0) is 13.2. The predicted molar refractivity (Wildman–Crippen MR) is 75.3 cm³/mol. The summed E-state index contributed by atoms with van der Waals surface area (Å²) in [7, 11) is 2.14. The molecule has 0 bridgehead atoms. The highest BCUT2D eigenvalue weighted by Gasteiger charge is 2.20. The molecular weight excluding hydrogens is 260 g/mol. The summed E-state index contributed by atoms with van der Waals surface area (Å²) >= 11 is 1.69. The second-order valence-corrected chi connectivity index (χ2v) is 6.33. The zero-order valence-corrected chi connectivity index (χ0v) is 12.0. The molecule has 2 aromatic heterocycles. The molecule has 0 radical (unpaired) electrons. The van der Waals surface area contributed by atoms with Gasteiger partial charge < -0.3 is 14.7 Å². The first-order valence-corrected chi connectivity index (χ1v) is 7.33. The van der Waals surface area contributed by atoms with Gasteiger partial charge in [-0.05, 0) is 26.1 Å². The molecule has 1 N–H and O–H groups in total. The van der Waals surface area contributed by atoms with E-state index in [1.54, 1.807) is 11.3 Å². The average molecular weight is 278 g/mol. The molecule has 1 atom stereocenters. The van der Waals surface area contributed by atoms with Gasteiger partial charge in [0, 0.05) is 37.0 Å². The third-order valence-corrected chi connectivity index (χ3v) is 4.31. The number of nitrogens with zero attached hydrogens (tertiary/aromatic N) is 3. The monoisotopic (exact) mass is 278 g/mol. The third kappa shape index (κ3) is 3.02. The van der Waals surface area contributed by atoms with Gasteiger partial charge in [0.15, 0.2) is 0 Å². The van der Waals surface area contributed by atoms with Crippen LogP contribution in [-0.4, -0.2) is 47.8 Å². The Morgan fingerprint density at radius 1 is 1.53 bits per heavy atom. The lowest BCUT2D eigenvalue weighted by Crippen LogP contribution is -2.49. The minimum atomic E-state index is 0.400. The number of hydrogen-bond donors (Lipinski definition) is 1. The van der Waals surface area contributed by atoms with Gasteiger partial charge in [-0.3, -0.25) is 0 Å². The number of aryl methyl sites for hydroxylation is 1. The van der Waals surface area contributed by atoms with Crippen LogP contribution >= 0.6 is 11.3 Å². The van der Waals surface area contributed by atoms with Crippen LogP contribution in [0.3, 0.4) is 0 Å². The highest BCUT2D eigenvalue weighted by atomic mass is 32.1. The Labute approximate surface area is 116 Å². The van der Waals surface area contributed by atoms with Gasteiger partial charge in [0.1, 0.15) is 0 Å². The van der Waals surface area contributed by atoms with Crippen molar-refractivity contribution in [3.05, 3.63) is 22.9 Å². The van der Waals surface area contributed by atoms with E-state index in [0.717, 1.165) is 30.9 Å². The van der Waals surface area contributed by atoms with Gasteiger partial charge in [-0.1, -0.05) is 5.16 Å². The summed E-state index contributed by atoms with van der Waals surface area (Å²) in [6, 6.07) is 4.52. The number of hydrogen-bond acceptors (Lipinski definition) is 6. The zero-order valence-electron chi connectivity index (χ0n) is 11.2. The first-order valence-electron chi connectivity index (χ1n) is 6.52. The molecule has 1 fully saturated rings. The number of rotatable bonds is 3. The summed E-state index contributed by atoms with van der Waals surface area (Å²) in [4.78, 5) is 9.14. The van der Waals surface area contributed by atoms with E-state index in [2.05, 4.69) is 40.4 Å². The molecule has 0 amide bonds. The first kappa shape index (κ1) is 12.8. The summed E-state index contributed by atoms with van der Waals surface area (Å²) in [5, 5.41) is 7.55. The van der Waals surface area contributed by atoms with Crippen molar-refractivity contribution in [2.45, 2.75) is 19.4 Å². The van der Waals surface area contributed by atoms with Crippen molar-refractivity contribution in [3.8, 4) is 10.7 Å². The van der Waals surface area contributed by atoms with Crippen molar-refractivity contribution in [2.75, 3.05) is 26.7 Å². The smallest absolute Gasteiger partial charge is 0.228 e. The van der Waals surface area contributed by atoms with E-state index in [-0.39, 0.29) is 0 Å². The van der Waals surface area contributed by atoms with Crippen molar-refractivity contribution in [3.63, 3.8) is 0 Å². The largest absolute Gasteiger partial charge is 0.339 e. The molecule has 0 aromatic carbocycles. The van der Waals surface area contributed by atoms with E-state index in [4.69, 9.17) is 4.52 Å². The second kappa shape index (κ2) is 5.40. The van der Waals surface area contributed by atoms with Gasteiger partial charge in [0.2, 0.25) is 11.7 Å². The van der Waals surface area contributed by atoms with Crippen LogP contribution in [0, 0.1) is 6.92 Å². The fraction of sp³-hybridized carbons (Fsp3) is 0.538. The minimum Gasteiger partial charge on any atom is -0.339 e. The number of aromatic nitrogens is 2. The standard InChI is InChI=1S/C13H18N4OS/c1-9-3-4-11(19-9)13-15-12(18-16-13)7-10-8-17(2)6-5-14-10/h3-4,10,14H,5-8H2,1-2H3. The summed E-state index contributed by atoms with van der Waals surface area (Å²) < 4.78 is 5.35. The van der Waals surface area contributed by atoms with Crippen LogP contribution in [0.25, 0.3) is 10.7 Å². The van der Waals surface area contributed by atoms with Crippen LogP contribution in [0.2, 0.25) is 0 Å². The highest BCUT2D eigenvalue weighted by molar-refractivity contribution is 7.15. The molecule has 5 nitrogen and oxygen atoms in total. The van der Waals surface area contributed by atoms with E-state index < -0.39 is 0 Å². The molecule has 1 saturated heterocycles. The summed E-state index contributed by atoms with van der Waals surface area (Å²) in [6.07, 6.45) is 0.793. The van der Waals surface area contributed by atoms with Crippen LogP contribution in [0.4, 0.5) is 0 Å². The summed E-state index contributed by atoms with van der Waals surface area (Å²) in [5.41, 5.74) is 0. The molecule has 0 aliphatic carbocycles. The third-order valence-electron chi connectivity index (χ3n) is 3.31. The molecule has 19 heavy (non-hydrogen) atoms. The van der Waals surface area contributed by atoms with Gasteiger partial charge in [-0.15, -0.1) is 11.3 Å². The van der Waals surface area contributed by atoms with Gasteiger partial charge in [-0.2, -0.15) is 4.98 Å². The lowest BCUT2D eigenvalue weighted by atomic mass is 10.1. The van der Waals surface area contributed by atoms with Crippen molar-refractivity contribution in [2.24, 2.45) is 0 Å². The fourth-order valence-corrected chi connectivity index (χ4v) is 3.12. The van der Waals surface area contributed by atoms with E-state index in [0.29, 0.717) is 17.8 Å². The van der Waals surface area contributed by atoms with Crippen LogP contribution in [0.15, 0.2) is 16.7 Å². The number of thiophene rings is 1. The maximum Gasteiger partial charge on any atom is 0.228 e. The molecule has 102 valence electrons. The average Bonchev–Trinajstić information content (AvgIpc) is 2.98.